The molecule has 2 amide bonds. The van der Waals surface area contributed by atoms with E-state index in [2.05, 4.69) is 10.6 Å². The molecule has 0 aliphatic carbocycles. The molecule has 25 heavy (non-hydrogen) atoms. The van der Waals surface area contributed by atoms with Crippen LogP contribution in [-0.2, 0) is 0 Å². The summed E-state index contributed by atoms with van der Waals surface area (Å²) in [6.45, 7) is 4.10. The number of halogens is 2. The van der Waals surface area contributed by atoms with E-state index in [1.165, 1.54) is 6.07 Å². The van der Waals surface area contributed by atoms with Crippen molar-refractivity contribution < 1.29 is 23.0 Å². The van der Waals surface area contributed by atoms with Gasteiger partial charge in [-0.15, -0.1) is 0 Å². The van der Waals surface area contributed by atoms with Gasteiger partial charge in [-0.3, -0.25) is 0 Å². The van der Waals surface area contributed by atoms with E-state index in [1.807, 2.05) is 19.9 Å². The standard InChI is InChI=1S/C18H20F2N2O3/c1-12(2)25-17-6-4-3-5-16(17)22-18(23)21-9-10-24-13-7-8-14(19)15(20)11-13/h3-8,11-12H,9-10H2,1-2H3,(H2,21,22,23). The molecule has 0 saturated carbocycles. The molecule has 0 aromatic heterocycles. The van der Waals surface area contributed by atoms with Crippen LogP contribution in [0.5, 0.6) is 11.5 Å². The van der Waals surface area contributed by atoms with Crippen LogP contribution in [0.4, 0.5) is 19.3 Å². The average Bonchev–Trinajstić information content (AvgIpc) is 2.56. The van der Waals surface area contributed by atoms with Crippen molar-refractivity contribution >= 4 is 11.7 Å². The first-order valence-corrected chi connectivity index (χ1v) is 7.84. The molecule has 0 spiro atoms. The third-order valence-electron chi connectivity index (χ3n) is 3.05. The maximum absolute atomic E-state index is 13.0. The second-order valence-electron chi connectivity index (χ2n) is 5.47. The molecule has 2 aromatic rings. The van der Waals surface area contributed by atoms with Crippen molar-refractivity contribution in [2.24, 2.45) is 0 Å². The monoisotopic (exact) mass is 350 g/mol. The molecule has 0 unspecified atom stereocenters. The normalized spacial score (nSPS) is 10.4. The summed E-state index contributed by atoms with van der Waals surface area (Å²) in [7, 11) is 0. The molecular weight excluding hydrogens is 330 g/mol. The number of anilines is 1. The summed E-state index contributed by atoms with van der Waals surface area (Å²) in [5.41, 5.74) is 0.551. The first kappa shape index (κ1) is 18.5. The van der Waals surface area contributed by atoms with Crippen LogP contribution in [0.1, 0.15) is 13.8 Å². The van der Waals surface area contributed by atoms with E-state index >= 15 is 0 Å². The second kappa shape index (κ2) is 8.86. The summed E-state index contributed by atoms with van der Waals surface area (Å²) in [6, 6.07) is 9.93. The number of hydrogen-bond acceptors (Lipinski definition) is 3. The highest BCUT2D eigenvalue weighted by Gasteiger charge is 2.08. The third kappa shape index (κ3) is 5.95. The van der Waals surface area contributed by atoms with Gasteiger partial charge in [0, 0.05) is 6.07 Å². The van der Waals surface area contributed by atoms with Crippen LogP contribution < -0.4 is 20.1 Å². The summed E-state index contributed by atoms with van der Waals surface area (Å²) in [4.78, 5) is 11.9. The van der Waals surface area contributed by atoms with Crippen molar-refractivity contribution in [2.45, 2.75) is 20.0 Å². The van der Waals surface area contributed by atoms with Crippen LogP contribution in [-0.4, -0.2) is 25.3 Å². The van der Waals surface area contributed by atoms with Crippen molar-refractivity contribution in [1.29, 1.82) is 0 Å². The highest BCUT2D eigenvalue weighted by molar-refractivity contribution is 5.90. The first-order valence-electron chi connectivity index (χ1n) is 7.84. The van der Waals surface area contributed by atoms with Crippen LogP contribution in [0.3, 0.4) is 0 Å². The van der Waals surface area contributed by atoms with E-state index in [0.29, 0.717) is 11.4 Å². The van der Waals surface area contributed by atoms with Crippen LogP contribution >= 0.6 is 0 Å². The molecule has 2 N–H and O–H groups in total. The fourth-order valence-electron chi connectivity index (χ4n) is 1.99. The number of para-hydroxylation sites is 2. The number of urea groups is 1. The third-order valence-corrected chi connectivity index (χ3v) is 3.05. The minimum absolute atomic E-state index is 0.0180. The summed E-state index contributed by atoms with van der Waals surface area (Å²) in [6.07, 6.45) is -0.0180. The lowest BCUT2D eigenvalue weighted by Crippen LogP contribution is -2.32. The highest BCUT2D eigenvalue weighted by atomic mass is 19.2. The fraction of sp³-hybridized carbons (Fsp3) is 0.278. The van der Waals surface area contributed by atoms with Crippen molar-refractivity contribution in [3.63, 3.8) is 0 Å². The molecule has 0 radical (unpaired) electrons. The minimum Gasteiger partial charge on any atom is -0.492 e. The van der Waals surface area contributed by atoms with Gasteiger partial charge in [-0.2, -0.15) is 0 Å². The Balaban J connectivity index is 1.78. The zero-order valence-corrected chi connectivity index (χ0v) is 14.0. The van der Waals surface area contributed by atoms with E-state index in [9.17, 15) is 13.6 Å². The number of rotatable bonds is 7. The molecule has 134 valence electrons. The summed E-state index contributed by atoms with van der Waals surface area (Å²) >= 11 is 0. The lowest BCUT2D eigenvalue weighted by atomic mass is 10.3. The van der Waals surface area contributed by atoms with Gasteiger partial charge in [-0.1, -0.05) is 12.1 Å². The van der Waals surface area contributed by atoms with Gasteiger partial charge >= 0.3 is 6.03 Å². The van der Waals surface area contributed by atoms with Gasteiger partial charge in [-0.05, 0) is 38.1 Å². The highest BCUT2D eigenvalue weighted by Crippen LogP contribution is 2.24. The number of hydrogen-bond donors (Lipinski definition) is 2. The Labute approximate surface area is 144 Å². The first-order chi connectivity index (χ1) is 12.0. The Hall–Kier alpha value is -2.83. The quantitative estimate of drug-likeness (QED) is 0.743. The maximum Gasteiger partial charge on any atom is 0.319 e. The van der Waals surface area contributed by atoms with Gasteiger partial charge in [0.15, 0.2) is 11.6 Å². The van der Waals surface area contributed by atoms with E-state index in [-0.39, 0.29) is 25.0 Å². The van der Waals surface area contributed by atoms with Gasteiger partial charge in [0.05, 0.1) is 18.3 Å². The van der Waals surface area contributed by atoms with E-state index in [0.717, 1.165) is 12.1 Å². The fourth-order valence-corrected chi connectivity index (χ4v) is 1.99. The predicted molar refractivity (Wildman–Crippen MR) is 91.1 cm³/mol. The second-order valence-corrected chi connectivity index (χ2v) is 5.47. The average molecular weight is 350 g/mol. The molecule has 2 rings (SSSR count). The van der Waals surface area contributed by atoms with E-state index in [1.54, 1.807) is 18.2 Å². The molecule has 0 atom stereocenters. The number of ether oxygens (including phenoxy) is 2. The van der Waals surface area contributed by atoms with Crippen molar-refractivity contribution in [1.82, 2.24) is 5.32 Å². The van der Waals surface area contributed by atoms with Gasteiger partial charge in [0.1, 0.15) is 18.1 Å². The minimum atomic E-state index is -0.982. The lowest BCUT2D eigenvalue weighted by molar-refractivity contribution is 0.240. The van der Waals surface area contributed by atoms with Crippen LogP contribution in [0.15, 0.2) is 42.5 Å². The molecule has 0 saturated heterocycles. The lowest BCUT2D eigenvalue weighted by Gasteiger charge is -2.15. The van der Waals surface area contributed by atoms with Gasteiger partial charge in [-0.25, -0.2) is 13.6 Å². The van der Waals surface area contributed by atoms with Crippen LogP contribution in [0, 0.1) is 11.6 Å². The number of nitrogens with one attached hydrogen (secondary N) is 2. The predicted octanol–water partition coefficient (Wildman–Crippen LogP) is 3.95. The molecule has 2 aromatic carbocycles. The van der Waals surface area contributed by atoms with Crippen LogP contribution in [0.2, 0.25) is 0 Å². The number of carbonyl (C=O) groups excluding carboxylic acids is 1. The van der Waals surface area contributed by atoms with Crippen molar-refractivity contribution in [3.8, 4) is 11.5 Å². The largest absolute Gasteiger partial charge is 0.492 e. The van der Waals surface area contributed by atoms with Crippen LogP contribution in [0.25, 0.3) is 0 Å². The zero-order valence-electron chi connectivity index (χ0n) is 14.0. The summed E-state index contributed by atoms with van der Waals surface area (Å²) < 4.78 is 36.7. The Bertz CT molecular complexity index is 723. The molecule has 0 heterocycles. The Morgan fingerprint density at radius 1 is 1.12 bits per heavy atom. The molecule has 7 heteroatoms. The smallest absolute Gasteiger partial charge is 0.319 e. The molecule has 0 aliphatic rings. The maximum atomic E-state index is 13.0. The summed E-state index contributed by atoms with van der Waals surface area (Å²) in [5.74, 6) is -1.15. The van der Waals surface area contributed by atoms with Gasteiger partial charge in [0.25, 0.3) is 0 Å². The number of benzene rings is 2. The Morgan fingerprint density at radius 2 is 1.88 bits per heavy atom. The molecule has 0 aliphatic heterocycles. The Morgan fingerprint density at radius 3 is 2.60 bits per heavy atom. The molecule has 0 bridgehead atoms. The molecule has 0 fully saturated rings. The van der Waals surface area contributed by atoms with Gasteiger partial charge in [0.2, 0.25) is 0 Å². The van der Waals surface area contributed by atoms with Crippen molar-refractivity contribution in [3.05, 3.63) is 54.1 Å². The SMILES string of the molecule is CC(C)Oc1ccccc1NC(=O)NCCOc1ccc(F)c(F)c1. The topological polar surface area (TPSA) is 59.6 Å². The Kier molecular flexibility index (Phi) is 6.56. The van der Waals surface area contributed by atoms with Crippen molar-refractivity contribution in [2.75, 3.05) is 18.5 Å². The molecular formula is C18H20F2N2O3. The van der Waals surface area contributed by atoms with E-state index in [4.69, 9.17) is 9.47 Å². The van der Waals surface area contributed by atoms with E-state index < -0.39 is 17.7 Å². The molecule has 5 nitrogen and oxygen atoms in total. The zero-order chi connectivity index (χ0) is 18.2. The number of carbonyl (C=O) groups is 1. The number of amides is 2. The van der Waals surface area contributed by atoms with Gasteiger partial charge < -0.3 is 20.1 Å². The summed E-state index contributed by atoms with van der Waals surface area (Å²) in [5, 5.41) is 5.30.